The number of nitrogens with one attached hydrogen (secondary N) is 1. The fourth-order valence-corrected chi connectivity index (χ4v) is 1.80. The predicted molar refractivity (Wildman–Crippen MR) is 79.9 cm³/mol. The lowest BCUT2D eigenvalue weighted by Crippen LogP contribution is -2.24. The van der Waals surface area contributed by atoms with Crippen molar-refractivity contribution in [2.75, 3.05) is 14.2 Å². The Labute approximate surface area is 127 Å². The molecule has 0 saturated heterocycles. The summed E-state index contributed by atoms with van der Waals surface area (Å²) in [6.07, 6.45) is 2.83. The molecule has 0 bridgehead atoms. The number of rotatable bonds is 6. The molecule has 1 N–H and O–H groups in total. The van der Waals surface area contributed by atoms with Crippen molar-refractivity contribution in [2.45, 2.75) is 13.5 Å². The third-order valence-electron chi connectivity index (χ3n) is 2.92. The van der Waals surface area contributed by atoms with Gasteiger partial charge in [-0.2, -0.15) is 10.2 Å². The van der Waals surface area contributed by atoms with E-state index in [1.54, 1.807) is 33.3 Å². The maximum Gasteiger partial charge on any atom is 0.261 e. The number of ether oxygens (including phenoxy) is 2. The van der Waals surface area contributed by atoms with Crippen LogP contribution in [0.15, 0.2) is 36.0 Å². The molecule has 1 heterocycles. The number of hydrogen-bond acceptors (Lipinski definition) is 6. The van der Waals surface area contributed by atoms with Crippen LogP contribution in [0.5, 0.6) is 11.5 Å². The quantitative estimate of drug-likeness (QED) is 0.630. The second kappa shape index (κ2) is 7.21. The molecule has 2 rings (SSSR count). The van der Waals surface area contributed by atoms with Gasteiger partial charge in [-0.15, -0.1) is 0 Å². The predicted octanol–water partition coefficient (Wildman–Crippen LogP) is 0.836. The molecule has 0 aliphatic heterocycles. The van der Waals surface area contributed by atoms with Gasteiger partial charge in [-0.1, -0.05) is 0 Å². The molecule has 1 amide bonds. The minimum Gasteiger partial charge on any atom is -0.497 e. The van der Waals surface area contributed by atoms with Crippen LogP contribution in [0.25, 0.3) is 0 Å². The van der Waals surface area contributed by atoms with Gasteiger partial charge in [0.05, 0.1) is 19.9 Å². The summed E-state index contributed by atoms with van der Waals surface area (Å²) >= 11 is 0. The number of nitrogens with zero attached hydrogens (tertiary/aromatic N) is 4. The van der Waals surface area contributed by atoms with Gasteiger partial charge in [0.15, 0.2) is 0 Å². The number of methoxy groups -OCH3 is 2. The van der Waals surface area contributed by atoms with E-state index in [1.807, 2.05) is 6.07 Å². The maximum absolute atomic E-state index is 11.7. The average Bonchev–Trinajstić information content (AvgIpc) is 3.04. The zero-order valence-corrected chi connectivity index (χ0v) is 12.6. The third-order valence-corrected chi connectivity index (χ3v) is 2.92. The maximum atomic E-state index is 11.7. The first-order valence-electron chi connectivity index (χ1n) is 6.52. The number of hydrazone groups is 1. The zero-order chi connectivity index (χ0) is 15.9. The van der Waals surface area contributed by atoms with Crippen LogP contribution in [-0.4, -0.2) is 40.6 Å². The van der Waals surface area contributed by atoms with E-state index >= 15 is 0 Å². The molecule has 8 heteroatoms. The second-order valence-electron chi connectivity index (χ2n) is 4.39. The molecular weight excluding hydrogens is 286 g/mol. The van der Waals surface area contributed by atoms with Crippen molar-refractivity contribution in [3.8, 4) is 11.5 Å². The first-order valence-corrected chi connectivity index (χ1v) is 6.52. The Balaban J connectivity index is 2.06. The summed E-state index contributed by atoms with van der Waals surface area (Å²) in [7, 11) is 3.15. The van der Waals surface area contributed by atoms with Crippen LogP contribution in [0.1, 0.15) is 12.5 Å². The lowest BCUT2D eigenvalue weighted by molar-refractivity contribution is -0.121. The number of amides is 1. The molecule has 0 spiro atoms. The highest BCUT2D eigenvalue weighted by Crippen LogP contribution is 2.24. The largest absolute Gasteiger partial charge is 0.497 e. The van der Waals surface area contributed by atoms with Crippen LogP contribution in [0.4, 0.5) is 0 Å². The summed E-state index contributed by atoms with van der Waals surface area (Å²) in [5.74, 6) is 1.01. The first kappa shape index (κ1) is 15.5. The van der Waals surface area contributed by atoms with Gasteiger partial charge < -0.3 is 9.47 Å². The minimum atomic E-state index is -0.294. The van der Waals surface area contributed by atoms with E-state index in [4.69, 9.17) is 9.47 Å². The van der Waals surface area contributed by atoms with E-state index in [0.717, 1.165) is 5.56 Å². The molecule has 0 saturated carbocycles. The fourth-order valence-electron chi connectivity index (χ4n) is 1.80. The van der Waals surface area contributed by atoms with Gasteiger partial charge in [-0.05, 0) is 19.1 Å². The molecule has 22 heavy (non-hydrogen) atoms. The van der Waals surface area contributed by atoms with Crippen LogP contribution in [0.3, 0.4) is 0 Å². The highest BCUT2D eigenvalue weighted by molar-refractivity contribution is 6.01. The monoisotopic (exact) mass is 303 g/mol. The second-order valence-corrected chi connectivity index (χ2v) is 4.39. The van der Waals surface area contributed by atoms with Crippen molar-refractivity contribution < 1.29 is 14.3 Å². The molecule has 8 nitrogen and oxygen atoms in total. The van der Waals surface area contributed by atoms with Gasteiger partial charge in [0.1, 0.15) is 30.7 Å². The van der Waals surface area contributed by atoms with Gasteiger partial charge in [-0.25, -0.2) is 15.1 Å². The van der Waals surface area contributed by atoms with Gasteiger partial charge in [-0.3, -0.25) is 4.79 Å². The number of hydrogen-bond donors (Lipinski definition) is 1. The molecule has 116 valence electrons. The molecule has 0 fully saturated rings. The van der Waals surface area contributed by atoms with Gasteiger partial charge >= 0.3 is 0 Å². The number of aromatic nitrogens is 3. The molecular formula is C14H17N5O3. The molecule has 2 aromatic rings. The molecule has 0 unspecified atom stereocenters. The molecule has 1 aromatic carbocycles. The SMILES string of the molecule is COc1ccc(/C(C)=N\NC(=O)Cn2cncn2)c(OC)c1. The normalized spacial score (nSPS) is 11.1. The van der Waals surface area contributed by atoms with Crippen LogP contribution >= 0.6 is 0 Å². The summed E-state index contributed by atoms with van der Waals surface area (Å²) in [5, 5.41) is 7.92. The fraction of sp³-hybridized carbons (Fsp3) is 0.286. The molecule has 0 aliphatic carbocycles. The Bertz CT molecular complexity index is 667. The van der Waals surface area contributed by atoms with E-state index in [9.17, 15) is 4.79 Å². The average molecular weight is 303 g/mol. The highest BCUT2D eigenvalue weighted by Gasteiger charge is 2.09. The highest BCUT2D eigenvalue weighted by atomic mass is 16.5. The summed E-state index contributed by atoms with van der Waals surface area (Å²) < 4.78 is 11.9. The van der Waals surface area contributed by atoms with Crippen molar-refractivity contribution in [3.63, 3.8) is 0 Å². The summed E-state index contributed by atoms with van der Waals surface area (Å²) in [6, 6.07) is 5.37. The Morgan fingerprint density at radius 1 is 1.36 bits per heavy atom. The number of benzene rings is 1. The van der Waals surface area contributed by atoms with E-state index < -0.39 is 0 Å². The Morgan fingerprint density at radius 3 is 2.82 bits per heavy atom. The van der Waals surface area contributed by atoms with Crippen LogP contribution < -0.4 is 14.9 Å². The Kier molecular flexibility index (Phi) is 5.07. The van der Waals surface area contributed by atoms with E-state index in [1.165, 1.54) is 17.3 Å². The zero-order valence-electron chi connectivity index (χ0n) is 12.6. The molecule has 0 radical (unpaired) electrons. The van der Waals surface area contributed by atoms with Crippen molar-refractivity contribution >= 4 is 11.6 Å². The van der Waals surface area contributed by atoms with E-state index in [-0.39, 0.29) is 12.5 Å². The van der Waals surface area contributed by atoms with Crippen molar-refractivity contribution in [1.29, 1.82) is 0 Å². The standard InChI is InChI=1S/C14H17N5O3/c1-10(12-5-4-11(21-2)6-13(12)22-3)17-18-14(20)7-19-9-15-8-16-19/h4-6,8-9H,7H2,1-3H3,(H,18,20)/b17-10-. The smallest absolute Gasteiger partial charge is 0.261 e. The van der Waals surface area contributed by atoms with E-state index in [2.05, 4.69) is 20.6 Å². The Morgan fingerprint density at radius 2 is 2.18 bits per heavy atom. The molecule has 1 aromatic heterocycles. The summed E-state index contributed by atoms with van der Waals surface area (Å²) in [6.45, 7) is 1.83. The number of carbonyl (C=O) groups is 1. The first-order chi connectivity index (χ1) is 10.6. The third kappa shape index (κ3) is 3.81. The van der Waals surface area contributed by atoms with Crippen LogP contribution in [0, 0.1) is 0 Å². The van der Waals surface area contributed by atoms with Crippen molar-refractivity contribution in [1.82, 2.24) is 20.2 Å². The van der Waals surface area contributed by atoms with Gasteiger partial charge in [0.25, 0.3) is 5.91 Å². The van der Waals surface area contributed by atoms with Crippen molar-refractivity contribution in [2.24, 2.45) is 5.10 Å². The molecule has 0 aliphatic rings. The van der Waals surface area contributed by atoms with Crippen LogP contribution in [-0.2, 0) is 11.3 Å². The van der Waals surface area contributed by atoms with Crippen molar-refractivity contribution in [3.05, 3.63) is 36.4 Å². The Hall–Kier alpha value is -2.90. The lowest BCUT2D eigenvalue weighted by Gasteiger charge is -2.10. The van der Waals surface area contributed by atoms with E-state index in [0.29, 0.717) is 17.2 Å². The summed E-state index contributed by atoms with van der Waals surface area (Å²) in [4.78, 5) is 15.5. The van der Waals surface area contributed by atoms with Gasteiger partial charge in [0.2, 0.25) is 0 Å². The molecule has 0 atom stereocenters. The van der Waals surface area contributed by atoms with Crippen LogP contribution in [0.2, 0.25) is 0 Å². The van der Waals surface area contributed by atoms with Gasteiger partial charge in [0, 0.05) is 11.6 Å². The lowest BCUT2D eigenvalue weighted by atomic mass is 10.1. The summed E-state index contributed by atoms with van der Waals surface area (Å²) in [5.41, 5.74) is 3.86. The number of carbonyl (C=O) groups excluding carboxylic acids is 1. The minimum absolute atomic E-state index is 0.0521. The topological polar surface area (TPSA) is 90.6 Å².